The van der Waals surface area contributed by atoms with Crippen LogP contribution in [0.3, 0.4) is 0 Å². The highest BCUT2D eigenvalue weighted by Gasteiger charge is 2.36. The van der Waals surface area contributed by atoms with Crippen LogP contribution in [0.2, 0.25) is 0 Å². The molecule has 3 amide bonds. The third kappa shape index (κ3) is 3.84. The number of urea groups is 1. The fourth-order valence-corrected chi connectivity index (χ4v) is 2.68. The fraction of sp³-hybridized carbons (Fsp3) is 0.769. The number of nitrogens with one attached hydrogen (secondary N) is 1. The lowest BCUT2D eigenvalue weighted by Crippen LogP contribution is -2.61. The van der Waals surface area contributed by atoms with Crippen LogP contribution < -0.4 is 5.32 Å². The molecule has 0 aromatic carbocycles. The molecule has 1 unspecified atom stereocenters. The predicted molar refractivity (Wildman–Crippen MR) is 72.7 cm³/mol. The van der Waals surface area contributed by atoms with Crippen LogP contribution in [-0.2, 0) is 14.3 Å². The summed E-state index contributed by atoms with van der Waals surface area (Å²) >= 11 is 0. The lowest BCUT2D eigenvalue weighted by molar-refractivity contribution is -0.144. The second-order valence-electron chi connectivity index (χ2n) is 5.50. The van der Waals surface area contributed by atoms with E-state index in [1.807, 2.05) is 0 Å². The summed E-state index contributed by atoms with van der Waals surface area (Å²) in [7, 11) is 1.64. The number of aliphatic carboxylic acids is 1. The van der Waals surface area contributed by atoms with Crippen LogP contribution in [0.15, 0.2) is 0 Å². The second kappa shape index (κ2) is 6.75. The van der Waals surface area contributed by atoms with Gasteiger partial charge in [-0.3, -0.25) is 9.69 Å². The molecule has 2 fully saturated rings. The van der Waals surface area contributed by atoms with E-state index in [9.17, 15) is 14.4 Å². The van der Waals surface area contributed by atoms with Crippen LogP contribution in [0, 0.1) is 5.92 Å². The van der Waals surface area contributed by atoms with Crippen molar-refractivity contribution in [2.75, 3.05) is 39.9 Å². The first-order chi connectivity index (χ1) is 9.99. The van der Waals surface area contributed by atoms with Crippen molar-refractivity contribution < 1.29 is 24.2 Å². The summed E-state index contributed by atoms with van der Waals surface area (Å²) in [4.78, 5) is 37.7. The summed E-state index contributed by atoms with van der Waals surface area (Å²) < 4.78 is 5.28. The quantitative estimate of drug-likeness (QED) is 0.721. The van der Waals surface area contributed by atoms with Gasteiger partial charge in [-0.2, -0.15) is 0 Å². The molecule has 2 aliphatic heterocycles. The van der Waals surface area contributed by atoms with Gasteiger partial charge in [0.2, 0.25) is 5.91 Å². The molecule has 8 heteroatoms. The van der Waals surface area contributed by atoms with E-state index < -0.39 is 18.0 Å². The topological polar surface area (TPSA) is 99.2 Å². The van der Waals surface area contributed by atoms with E-state index in [0.29, 0.717) is 25.7 Å². The maximum atomic E-state index is 12.4. The summed E-state index contributed by atoms with van der Waals surface area (Å²) in [5.41, 5.74) is 0. The zero-order valence-corrected chi connectivity index (χ0v) is 12.1. The lowest BCUT2D eigenvalue weighted by Gasteiger charge is -2.36. The number of carboxylic acids is 1. The molecule has 0 radical (unpaired) electrons. The van der Waals surface area contributed by atoms with Gasteiger partial charge in [0.25, 0.3) is 0 Å². The van der Waals surface area contributed by atoms with E-state index in [1.165, 1.54) is 4.90 Å². The molecule has 0 aromatic rings. The van der Waals surface area contributed by atoms with Crippen LogP contribution in [0.5, 0.6) is 0 Å². The van der Waals surface area contributed by atoms with Crippen molar-refractivity contribution in [3.8, 4) is 0 Å². The molecule has 0 aromatic heterocycles. The number of carbonyl (C=O) groups is 3. The van der Waals surface area contributed by atoms with Gasteiger partial charge < -0.3 is 20.1 Å². The molecule has 0 spiro atoms. The number of piperazine rings is 1. The molecule has 2 aliphatic rings. The average Bonchev–Trinajstić information content (AvgIpc) is 2.47. The van der Waals surface area contributed by atoms with Crippen LogP contribution in [0.1, 0.15) is 12.8 Å². The molecule has 2 N–H and O–H groups in total. The van der Waals surface area contributed by atoms with Crippen LogP contribution in [-0.4, -0.2) is 78.8 Å². The van der Waals surface area contributed by atoms with Gasteiger partial charge in [0, 0.05) is 33.4 Å². The number of hydrogen-bond donors (Lipinski definition) is 2. The smallest absolute Gasteiger partial charge is 0.328 e. The number of rotatable bonds is 3. The second-order valence-corrected chi connectivity index (χ2v) is 5.50. The molecular formula is C13H21N3O5. The molecule has 1 atom stereocenters. The number of carboxylic acid groups (broad SMARTS) is 1. The van der Waals surface area contributed by atoms with Crippen LogP contribution in [0.25, 0.3) is 0 Å². The summed E-state index contributed by atoms with van der Waals surface area (Å²) in [6.07, 6.45) is 1.78. The van der Waals surface area contributed by atoms with Crippen molar-refractivity contribution in [3.05, 3.63) is 0 Å². The largest absolute Gasteiger partial charge is 0.480 e. The van der Waals surface area contributed by atoms with E-state index in [1.54, 1.807) is 7.05 Å². The van der Waals surface area contributed by atoms with Gasteiger partial charge in [-0.05, 0) is 18.8 Å². The van der Waals surface area contributed by atoms with Gasteiger partial charge in [-0.25, -0.2) is 9.59 Å². The summed E-state index contributed by atoms with van der Waals surface area (Å²) in [6.45, 7) is 1.67. The monoisotopic (exact) mass is 299 g/mol. The molecule has 2 heterocycles. The van der Waals surface area contributed by atoms with Crippen LogP contribution >= 0.6 is 0 Å². The van der Waals surface area contributed by atoms with Gasteiger partial charge in [0.05, 0.1) is 0 Å². The van der Waals surface area contributed by atoms with Gasteiger partial charge in [0.1, 0.15) is 12.6 Å². The molecular weight excluding hydrogens is 278 g/mol. The molecule has 118 valence electrons. The Bertz CT molecular complexity index is 422. The number of ether oxygens (including phenoxy) is 1. The maximum absolute atomic E-state index is 12.4. The Morgan fingerprint density at radius 2 is 2.10 bits per heavy atom. The van der Waals surface area contributed by atoms with Crippen molar-refractivity contribution in [1.82, 2.24) is 15.1 Å². The third-order valence-corrected chi connectivity index (χ3v) is 3.91. The molecule has 8 nitrogen and oxygen atoms in total. The predicted octanol–water partition coefficient (Wildman–Crippen LogP) is -0.650. The average molecular weight is 299 g/mol. The third-order valence-electron chi connectivity index (χ3n) is 3.91. The number of carbonyl (C=O) groups excluding carboxylic acids is 2. The number of amides is 3. The summed E-state index contributed by atoms with van der Waals surface area (Å²) in [6, 6.07) is -1.42. The minimum Gasteiger partial charge on any atom is -0.480 e. The van der Waals surface area contributed by atoms with E-state index in [-0.39, 0.29) is 19.0 Å². The summed E-state index contributed by atoms with van der Waals surface area (Å²) in [5, 5.41) is 11.6. The minimum atomic E-state index is -1.11. The molecule has 2 rings (SSSR count). The Balaban J connectivity index is 1.97. The van der Waals surface area contributed by atoms with Crippen molar-refractivity contribution in [1.29, 1.82) is 0 Å². The van der Waals surface area contributed by atoms with Crippen LogP contribution in [0.4, 0.5) is 4.79 Å². The van der Waals surface area contributed by atoms with Crippen molar-refractivity contribution in [2.24, 2.45) is 5.92 Å². The van der Waals surface area contributed by atoms with Crippen molar-refractivity contribution >= 4 is 17.9 Å². The maximum Gasteiger partial charge on any atom is 0.328 e. The Labute approximate surface area is 123 Å². The number of nitrogens with zero attached hydrogens (tertiary/aromatic N) is 2. The van der Waals surface area contributed by atoms with E-state index >= 15 is 0 Å². The van der Waals surface area contributed by atoms with E-state index in [4.69, 9.17) is 9.84 Å². The number of hydrogen-bond acceptors (Lipinski definition) is 4. The first kappa shape index (κ1) is 15.6. The Morgan fingerprint density at radius 1 is 1.43 bits per heavy atom. The molecule has 21 heavy (non-hydrogen) atoms. The Morgan fingerprint density at radius 3 is 2.71 bits per heavy atom. The molecule has 0 bridgehead atoms. The summed E-state index contributed by atoms with van der Waals surface area (Å²) in [5.74, 6) is -1.09. The molecule has 0 saturated carbocycles. The normalized spacial score (nSPS) is 23.6. The van der Waals surface area contributed by atoms with E-state index in [0.717, 1.165) is 17.7 Å². The highest BCUT2D eigenvalue weighted by Crippen LogP contribution is 2.17. The Kier molecular flexibility index (Phi) is 5.00. The first-order valence-corrected chi connectivity index (χ1v) is 7.08. The first-order valence-electron chi connectivity index (χ1n) is 7.08. The highest BCUT2D eigenvalue weighted by molar-refractivity contribution is 5.90. The zero-order chi connectivity index (χ0) is 15.4. The highest BCUT2D eigenvalue weighted by atomic mass is 16.5. The van der Waals surface area contributed by atoms with E-state index in [2.05, 4.69) is 5.32 Å². The van der Waals surface area contributed by atoms with Gasteiger partial charge in [0.15, 0.2) is 0 Å². The lowest BCUT2D eigenvalue weighted by atomic mass is 10.00. The standard InChI is InChI=1S/C13H21N3O5/c1-15(7-9-2-4-21-5-3-9)13(20)16-8-11(17)14-6-10(16)12(18)19/h9-10H,2-8H2,1H3,(H,14,17)(H,18,19). The van der Waals surface area contributed by atoms with Gasteiger partial charge in [-0.1, -0.05) is 0 Å². The van der Waals surface area contributed by atoms with Gasteiger partial charge >= 0.3 is 12.0 Å². The van der Waals surface area contributed by atoms with Crippen molar-refractivity contribution in [3.63, 3.8) is 0 Å². The fourth-order valence-electron chi connectivity index (χ4n) is 2.68. The molecule has 2 saturated heterocycles. The SMILES string of the molecule is CN(CC1CCOCC1)C(=O)N1CC(=O)NCC1C(=O)O. The minimum absolute atomic E-state index is 0.0506. The van der Waals surface area contributed by atoms with Crippen molar-refractivity contribution in [2.45, 2.75) is 18.9 Å². The Hall–Kier alpha value is -1.83. The molecule has 0 aliphatic carbocycles. The van der Waals surface area contributed by atoms with Gasteiger partial charge in [-0.15, -0.1) is 0 Å². The zero-order valence-electron chi connectivity index (χ0n) is 12.1.